The number of carbonyl (C=O) groups is 1. The summed E-state index contributed by atoms with van der Waals surface area (Å²) < 4.78 is 5.76. The van der Waals surface area contributed by atoms with Crippen LogP contribution in [0.1, 0.15) is 25.3 Å². The molecule has 1 saturated heterocycles. The number of ether oxygens (including phenoxy) is 1. The Bertz CT molecular complexity index is 649. The monoisotopic (exact) mass is 325 g/mol. The van der Waals surface area contributed by atoms with Gasteiger partial charge >= 0.3 is 0 Å². The molecule has 1 fully saturated rings. The molecule has 2 aromatic carbocycles. The highest BCUT2D eigenvalue weighted by Gasteiger charge is 2.27. The van der Waals surface area contributed by atoms with Crippen LogP contribution in [0.4, 0.5) is 5.69 Å². The van der Waals surface area contributed by atoms with Crippen molar-refractivity contribution in [2.45, 2.75) is 32.4 Å². The zero-order valence-electron chi connectivity index (χ0n) is 14.1. The molecule has 2 aromatic rings. The molecular formula is C20H25N2O2+. The predicted octanol–water partition coefficient (Wildman–Crippen LogP) is 2.27. The lowest BCUT2D eigenvalue weighted by Gasteiger charge is -2.20. The lowest BCUT2D eigenvalue weighted by atomic mass is 10.2. The molecule has 0 saturated carbocycles. The van der Waals surface area contributed by atoms with Crippen LogP contribution in [0, 0.1) is 0 Å². The molecule has 0 aliphatic carbocycles. The standard InChI is InChI=1S/C20H24N2O2/c1-16(22-13-5-6-14-22)20(23)21-18-9-11-19(12-10-18)24-15-17-7-3-2-4-8-17/h2-4,7-12,16H,5-6,13-15H2,1H3,(H,21,23)/p+1/t16-/m0/s1. The Hall–Kier alpha value is -2.33. The number of benzene rings is 2. The average molecular weight is 325 g/mol. The minimum atomic E-state index is 0.00140. The third-order valence-corrected chi connectivity index (χ3v) is 4.62. The Morgan fingerprint density at radius 1 is 1.08 bits per heavy atom. The second kappa shape index (κ2) is 7.97. The van der Waals surface area contributed by atoms with Gasteiger partial charge in [-0.1, -0.05) is 30.3 Å². The number of nitrogens with one attached hydrogen (secondary N) is 2. The summed E-state index contributed by atoms with van der Waals surface area (Å²) in [6.45, 7) is 4.75. The Morgan fingerprint density at radius 3 is 2.42 bits per heavy atom. The van der Waals surface area contributed by atoms with Crippen molar-refractivity contribution in [1.82, 2.24) is 0 Å². The molecule has 4 nitrogen and oxygen atoms in total. The summed E-state index contributed by atoms with van der Waals surface area (Å²) in [6, 6.07) is 17.6. The highest BCUT2D eigenvalue weighted by Crippen LogP contribution is 2.17. The summed E-state index contributed by atoms with van der Waals surface area (Å²) in [5.74, 6) is 0.889. The normalized spacial score (nSPS) is 15.9. The van der Waals surface area contributed by atoms with Crippen molar-refractivity contribution in [3.05, 3.63) is 60.2 Å². The van der Waals surface area contributed by atoms with E-state index < -0.39 is 0 Å². The van der Waals surface area contributed by atoms with Crippen LogP contribution in [0.2, 0.25) is 0 Å². The first-order valence-corrected chi connectivity index (χ1v) is 8.64. The Morgan fingerprint density at radius 2 is 1.75 bits per heavy atom. The van der Waals surface area contributed by atoms with E-state index in [-0.39, 0.29) is 11.9 Å². The second-order valence-electron chi connectivity index (χ2n) is 6.37. The second-order valence-corrected chi connectivity index (χ2v) is 6.37. The maximum atomic E-state index is 12.3. The van der Waals surface area contributed by atoms with Crippen LogP contribution < -0.4 is 15.0 Å². The van der Waals surface area contributed by atoms with Crippen LogP contribution in [-0.2, 0) is 11.4 Å². The van der Waals surface area contributed by atoms with Gasteiger partial charge in [-0.25, -0.2) is 0 Å². The smallest absolute Gasteiger partial charge is 0.282 e. The average Bonchev–Trinajstić information content (AvgIpc) is 3.16. The van der Waals surface area contributed by atoms with E-state index in [1.165, 1.54) is 17.7 Å². The molecule has 3 rings (SSSR count). The fourth-order valence-electron chi connectivity index (χ4n) is 3.07. The zero-order valence-corrected chi connectivity index (χ0v) is 14.1. The molecular weight excluding hydrogens is 300 g/mol. The number of likely N-dealkylation sites (tertiary alicyclic amines) is 1. The predicted molar refractivity (Wildman–Crippen MR) is 95.2 cm³/mol. The van der Waals surface area contributed by atoms with Gasteiger partial charge in [0.25, 0.3) is 5.91 Å². The summed E-state index contributed by atoms with van der Waals surface area (Å²) in [7, 11) is 0. The van der Waals surface area contributed by atoms with Gasteiger partial charge in [0.15, 0.2) is 6.04 Å². The topological polar surface area (TPSA) is 42.8 Å². The number of rotatable bonds is 6. The minimum absolute atomic E-state index is 0.00140. The fraction of sp³-hybridized carbons (Fsp3) is 0.350. The molecule has 1 amide bonds. The van der Waals surface area contributed by atoms with E-state index in [0.29, 0.717) is 6.61 Å². The third-order valence-electron chi connectivity index (χ3n) is 4.62. The minimum Gasteiger partial charge on any atom is -0.489 e. The van der Waals surface area contributed by atoms with Gasteiger partial charge in [0.2, 0.25) is 0 Å². The highest BCUT2D eigenvalue weighted by molar-refractivity contribution is 5.93. The Labute approximate surface area is 143 Å². The van der Waals surface area contributed by atoms with Gasteiger partial charge in [-0.2, -0.15) is 0 Å². The van der Waals surface area contributed by atoms with Crippen LogP contribution in [0.15, 0.2) is 54.6 Å². The van der Waals surface area contributed by atoms with Crippen LogP contribution in [0.5, 0.6) is 5.75 Å². The molecule has 0 radical (unpaired) electrons. The molecule has 1 aliphatic heterocycles. The first kappa shape index (κ1) is 16.5. The molecule has 1 aliphatic rings. The van der Waals surface area contributed by atoms with Crippen LogP contribution in [0.25, 0.3) is 0 Å². The van der Waals surface area contributed by atoms with Crippen molar-refractivity contribution in [3.63, 3.8) is 0 Å². The van der Waals surface area contributed by atoms with Gasteiger partial charge in [-0.15, -0.1) is 0 Å². The summed E-state index contributed by atoms with van der Waals surface area (Å²) >= 11 is 0. The fourth-order valence-corrected chi connectivity index (χ4v) is 3.07. The van der Waals surface area contributed by atoms with E-state index >= 15 is 0 Å². The molecule has 4 heteroatoms. The van der Waals surface area contributed by atoms with Crippen molar-refractivity contribution in [2.24, 2.45) is 0 Å². The van der Waals surface area contributed by atoms with Crippen LogP contribution in [-0.4, -0.2) is 25.0 Å². The van der Waals surface area contributed by atoms with Crippen molar-refractivity contribution in [3.8, 4) is 5.75 Å². The first-order chi connectivity index (χ1) is 11.7. The Balaban J connectivity index is 1.51. The molecule has 0 unspecified atom stereocenters. The van der Waals surface area contributed by atoms with Crippen molar-refractivity contribution in [2.75, 3.05) is 18.4 Å². The van der Waals surface area contributed by atoms with Gasteiger partial charge < -0.3 is 15.0 Å². The molecule has 0 aromatic heterocycles. The van der Waals surface area contributed by atoms with E-state index in [1.807, 2.05) is 61.5 Å². The molecule has 24 heavy (non-hydrogen) atoms. The molecule has 2 N–H and O–H groups in total. The van der Waals surface area contributed by atoms with Crippen LogP contribution in [0.3, 0.4) is 0 Å². The van der Waals surface area contributed by atoms with Gasteiger partial charge in [0, 0.05) is 18.5 Å². The quantitative estimate of drug-likeness (QED) is 0.856. The summed E-state index contributed by atoms with van der Waals surface area (Å²) in [5, 5.41) is 3.00. The maximum absolute atomic E-state index is 12.3. The number of amides is 1. The number of anilines is 1. The van der Waals surface area contributed by atoms with Crippen molar-refractivity contribution < 1.29 is 14.4 Å². The maximum Gasteiger partial charge on any atom is 0.282 e. The molecule has 0 spiro atoms. The molecule has 1 heterocycles. The molecule has 0 bridgehead atoms. The van der Waals surface area contributed by atoms with Gasteiger partial charge in [0.1, 0.15) is 12.4 Å². The summed E-state index contributed by atoms with van der Waals surface area (Å²) in [4.78, 5) is 13.7. The first-order valence-electron chi connectivity index (χ1n) is 8.64. The SMILES string of the molecule is C[C@@H](C(=O)Nc1ccc(OCc2ccccc2)cc1)[NH+]1CCCC1. The number of hydrogen-bond donors (Lipinski definition) is 2. The van der Waals surface area contributed by atoms with Gasteiger partial charge in [0.05, 0.1) is 13.1 Å². The lowest BCUT2D eigenvalue weighted by Crippen LogP contribution is -3.14. The number of hydrogen-bond acceptors (Lipinski definition) is 2. The largest absolute Gasteiger partial charge is 0.489 e. The van der Waals surface area contributed by atoms with Gasteiger partial charge in [-0.05, 0) is 36.8 Å². The van der Waals surface area contributed by atoms with Crippen molar-refractivity contribution in [1.29, 1.82) is 0 Å². The van der Waals surface area contributed by atoms with E-state index in [9.17, 15) is 4.79 Å². The number of carbonyl (C=O) groups excluding carboxylic acids is 1. The Kier molecular flexibility index (Phi) is 5.49. The van der Waals surface area contributed by atoms with Gasteiger partial charge in [-0.3, -0.25) is 4.79 Å². The van der Waals surface area contributed by atoms with E-state index in [4.69, 9.17) is 4.74 Å². The lowest BCUT2D eigenvalue weighted by molar-refractivity contribution is -0.901. The van der Waals surface area contributed by atoms with Crippen molar-refractivity contribution >= 4 is 11.6 Å². The number of quaternary nitrogens is 1. The zero-order chi connectivity index (χ0) is 16.8. The highest BCUT2D eigenvalue weighted by atomic mass is 16.5. The van der Waals surface area contributed by atoms with E-state index in [1.54, 1.807) is 0 Å². The molecule has 126 valence electrons. The molecule has 1 atom stereocenters. The van der Waals surface area contributed by atoms with E-state index in [0.717, 1.165) is 30.1 Å². The summed E-state index contributed by atoms with van der Waals surface area (Å²) in [6.07, 6.45) is 2.45. The summed E-state index contributed by atoms with van der Waals surface area (Å²) in [5.41, 5.74) is 1.95. The van der Waals surface area contributed by atoms with E-state index in [2.05, 4.69) is 5.32 Å². The van der Waals surface area contributed by atoms with Crippen LogP contribution >= 0.6 is 0 Å². The third kappa shape index (κ3) is 4.36.